The highest BCUT2D eigenvalue weighted by atomic mass is 16.7. The summed E-state index contributed by atoms with van der Waals surface area (Å²) in [6.45, 7) is 20.1. The van der Waals surface area contributed by atoms with Crippen LogP contribution in [0.15, 0.2) is 0 Å². The maximum Gasteiger partial charge on any atom is 0.303 e. The fourth-order valence-electron chi connectivity index (χ4n) is 23.1. The number of aliphatic carboxylic acids is 4. The van der Waals surface area contributed by atoms with Crippen molar-refractivity contribution < 1.29 is 97.2 Å². The van der Waals surface area contributed by atoms with Gasteiger partial charge >= 0.3 is 23.9 Å². The second kappa shape index (κ2) is 35.2. The largest absolute Gasteiger partial charge is 0.481 e. The second-order valence-corrected chi connectivity index (χ2v) is 34.3. The molecule has 10 rings (SSSR count). The Hall–Kier alpha value is -3.92. The number of ether oxygens (including phenoxy) is 5. The van der Waals surface area contributed by atoms with E-state index >= 15 is 0 Å². The number of carbonyl (C=O) groups excluding carboxylic acids is 4. The van der Waals surface area contributed by atoms with Crippen molar-refractivity contribution in [3.8, 4) is 0 Å². The molecule has 101 heavy (non-hydrogen) atoms. The number of nitrogens with one attached hydrogen (secondary N) is 4. The first-order valence-corrected chi connectivity index (χ1v) is 38.8. The van der Waals surface area contributed by atoms with Gasteiger partial charge in [0.25, 0.3) is 0 Å². The molecule has 0 radical (unpaired) electrons. The minimum absolute atomic E-state index is 0.0248. The van der Waals surface area contributed by atoms with Crippen molar-refractivity contribution in [1.29, 1.82) is 0 Å². The van der Waals surface area contributed by atoms with E-state index in [1.807, 2.05) is 6.92 Å². The molecule has 2 aliphatic heterocycles. The third-order valence-electron chi connectivity index (χ3n) is 28.8. The first-order valence-electron chi connectivity index (χ1n) is 38.8. The zero-order valence-electron chi connectivity index (χ0n) is 62.0. The molecule has 28 atom stereocenters. The molecule has 8 saturated carbocycles. The normalized spacial score (nSPS) is 40.5. The van der Waals surface area contributed by atoms with Crippen LogP contribution >= 0.6 is 0 Å². The smallest absolute Gasteiger partial charge is 0.303 e. The summed E-state index contributed by atoms with van der Waals surface area (Å²) in [7, 11) is 1.78. The lowest BCUT2D eigenvalue weighted by Crippen LogP contribution is -2.55. The second-order valence-electron chi connectivity index (χ2n) is 34.3. The lowest BCUT2D eigenvalue weighted by molar-refractivity contribution is -0.240. The first kappa shape index (κ1) is 81.2. The van der Waals surface area contributed by atoms with E-state index < -0.39 is 59.6 Å². The molecule has 0 spiro atoms. The van der Waals surface area contributed by atoms with Gasteiger partial charge in [0, 0.05) is 57.5 Å². The molecular weight excluding hydrogens is 1300 g/mol. The highest BCUT2D eigenvalue weighted by Gasteiger charge is 2.70. The zero-order valence-corrected chi connectivity index (χ0v) is 62.0. The predicted molar refractivity (Wildman–Crippen MR) is 372 cm³/mol. The van der Waals surface area contributed by atoms with E-state index in [-0.39, 0.29) is 129 Å². The van der Waals surface area contributed by atoms with Crippen LogP contribution in [0.2, 0.25) is 0 Å². The van der Waals surface area contributed by atoms with Gasteiger partial charge in [-0.25, -0.2) is 0 Å². The Morgan fingerprint density at radius 2 is 0.871 bits per heavy atom. The van der Waals surface area contributed by atoms with Gasteiger partial charge in [0.2, 0.25) is 0 Å². The van der Waals surface area contributed by atoms with Crippen LogP contribution in [0, 0.1) is 105 Å². The standard InChI is InChI=1S/C39H64N2O10.C38H62N2O10/c1-24(22-50-41-28(21-43)8-11-35(46)47)12-17-39(48-5)25(2)36-33(51-39)19-32-30-9-6-26-18-29(49-23-40-27(20-42)7-10-34(44)45)13-15-37(26,3)31(30)14-16-38(32,36)4;1-23(21-49-40-27(20-42)7-10-34(45)46)11-16-38(47)24(2)35-32(50-38)18-31-29-8-5-25-17-28(48-22-39-26(19-41)6-9-33(43)44)12-14-36(25,3)30(29)13-15-37(31,35)4/h20-21,24-33,36,40-41H,6-19,22-23H2,1-5H3,(H,44,45)(H,46,47);19-20,23-32,35,39-40,47H,5-18,21-22H2,1-4H3,(H,43,44)(H,45,46)/t24?,25-,26?,27+,28+,29?,30?,31?,32?,33?,36?,37?,38?,39+;23?,24-,25?,26+,27+,28?,29?,30?,31?,32?,35?,36?,37?,38+/m00/s1. The number of fused-ring (bicyclic) bond motifs is 14. The van der Waals surface area contributed by atoms with Crippen molar-refractivity contribution >= 4 is 49.0 Å². The number of hydroxylamine groups is 2. The summed E-state index contributed by atoms with van der Waals surface area (Å²) >= 11 is 0. The molecule has 2 saturated heterocycles. The van der Waals surface area contributed by atoms with Crippen molar-refractivity contribution in [2.24, 2.45) is 105 Å². The molecule has 574 valence electrons. The average molecular weight is 1430 g/mol. The first-order chi connectivity index (χ1) is 48.0. The Balaban J connectivity index is 0.000000235. The predicted octanol–water partition coefficient (Wildman–Crippen LogP) is 10.1. The molecule has 9 N–H and O–H groups in total. The van der Waals surface area contributed by atoms with Crippen molar-refractivity contribution in [2.45, 2.75) is 295 Å². The van der Waals surface area contributed by atoms with E-state index in [1.54, 1.807) is 7.11 Å². The maximum absolute atomic E-state index is 11.9. The Bertz CT molecular complexity index is 2790. The van der Waals surface area contributed by atoms with Crippen LogP contribution in [0.25, 0.3) is 0 Å². The monoisotopic (exact) mass is 1430 g/mol. The molecule has 0 bridgehead atoms. The summed E-state index contributed by atoms with van der Waals surface area (Å²) in [6, 6.07) is -2.31. The number of rotatable bonds is 39. The van der Waals surface area contributed by atoms with E-state index in [2.05, 4.69) is 70.1 Å². The number of carboxylic acids is 4. The number of carbonyl (C=O) groups is 8. The Morgan fingerprint density at radius 3 is 1.28 bits per heavy atom. The summed E-state index contributed by atoms with van der Waals surface area (Å²) in [5.74, 6) is 1.10. The molecule has 8 aliphatic carbocycles. The summed E-state index contributed by atoms with van der Waals surface area (Å²) in [5, 5.41) is 53.6. The number of methoxy groups -OCH3 is 1. The lowest BCUT2D eigenvalue weighted by atomic mass is 9.44. The Kier molecular flexibility index (Phi) is 28.3. The molecule has 0 amide bonds. The molecule has 0 aromatic carbocycles. The molecule has 10 aliphatic rings. The van der Waals surface area contributed by atoms with E-state index in [0.717, 1.165) is 83.2 Å². The summed E-state index contributed by atoms with van der Waals surface area (Å²) < 4.78 is 32.4. The molecule has 0 aromatic rings. The fourth-order valence-corrected chi connectivity index (χ4v) is 23.1. The van der Waals surface area contributed by atoms with Gasteiger partial charge in [-0.3, -0.25) is 29.8 Å². The van der Waals surface area contributed by atoms with E-state index in [0.29, 0.717) is 103 Å². The zero-order chi connectivity index (χ0) is 73.2. The van der Waals surface area contributed by atoms with E-state index in [9.17, 15) is 43.5 Å². The molecule has 2 heterocycles. The summed E-state index contributed by atoms with van der Waals surface area (Å²) in [6.07, 6.45) is 25.2. The number of hydrogen-bond acceptors (Lipinski definition) is 20. The van der Waals surface area contributed by atoms with Gasteiger partial charge < -0.3 is 78.1 Å². The molecule has 20 unspecified atom stereocenters. The van der Waals surface area contributed by atoms with Gasteiger partial charge in [-0.2, -0.15) is 11.0 Å². The van der Waals surface area contributed by atoms with Crippen LogP contribution in [0.5, 0.6) is 0 Å². The Labute approximate surface area is 599 Å². The van der Waals surface area contributed by atoms with Crippen LogP contribution in [0.4, 0.5) is 0 Å². The van der Waals surface area contributed by atoms with E-state index in [4.69, 9.17) is 53.8 Å². The number of hydrogen-bond donors (Lipinski definition) is 9. The maximum atomic E-state index is 11.9. The quantitative estimate of drug-likeness (QED) is 0.0157. The van der Waals surface area contributed by atoms with E-state index in [1.165, 1.54) is 44.9 Å². The van der Waals surface area contributed by atoms with Crippen LogP contribution in [0.3, 0.4) is 0 Å². The highest BCUT2D eigenvalue weighted by Crippen LogP contribution is 2.73. The van der Waals surface area contributed by atoms with Gasteiger partial charge in [0.15, 0.2) is 11.6 Å². The van der Waals surface area contributed by atoms with Gasteiger partial charge in [-0.05, 0) is 234 Å². The van der Waals surface area contributed by atoms with Crippen LogP contribution in [0.1, 0.15) is 235 Å². The third-order valence-corrected chi connectivity index (χ3v) is 28.8. The van der Waals surface area contributed by atoms with Gasteiger partial charge in [0.05, 0.1) is 75.3 Å². The summed E-state index contributed by atoms with van der Waals surface area (Å²) in [5.41, 5.74) is 6.34. The third kappa shape index (κ3) is 18.4. The molecule has 24 nitrogen and oxygen atoms in total. The van der Waals surface area contributed by atoms with Crippen LogP contribution < -0.4 is 21.6 Å². The van der Waals surface area contributed by atoms with Crippen LogP contribution in [-0.2, 0) is 71.7 Å². The van der Waals surface area contributed by atoms with Gasteiger partial charge in [0.1, 0.15) is 25.1 Å². The lowest BCUT2D eigenvalue weighted by Gasteiger charge is -2.61. The topological polar surface area (TPSA) is 350 Å². The van der Waals surface area contributed by atoms with Crippen molar-refractivity contribution in [3.05, 3.63) is 0 Å². The minimum Gasteiger partial charge on any atom is -0.481 e. The van der Waals surface area contributed by atoms with Crippen molar-refractivity contribution in [1.82, 2.24) is 21.6 Å². The molecular formula is C77H126N4O20. The molecule has 0 aromatic heterocycles. The van der Waals surface area contributed by atoms with Crippen molar-refractivity contribution in [3.63, 3.8) is 0 Å². The fraction of sp³-hybridized carbons (Fsp3) is 0.896. The summed E-state index contributed by atoms with van der Waals surface area (Å²) in [4.78, 5) is 99.8. The van der Waals surface area contributed by atoms with Gasteiger partial charge in [-0.1, -0.05) is 55.4 Å². The minimum atomic E-state index is -1.17. The Morgan fingerprint density at radius 1 is 0.485 bits per heavy atom. The SMILES string of the molecule is CC(CC[C@@]1(O)OC2CC3C4CCC5CC(OCN[C@@H](C=O)CCC(=O)O)CCC5(C)C4CCC3(C)C2[C@@H]1C)CON[C@@H](C=O)CCC(=O)O.CO[C@]1(CCC(C)CON[C@@H](C=O)CCC(=O)O)OC2CC3C4CCC5CC(OCN[C@@H](C=O)CCC(=O)O)CCC5(C)C4CCC3(C)C2[C@@H]1C. The number of aliphatic hydroxyl groups is 1. The number of aldehydes is 4. The highest BCUT2D eigenvalue weighted by molar-refractivity contribution is 5.69. The molecule has 10 fully saturated rings. The van der Waals surface area contributed by atoms with Crippen LogP contribution in [-0.4, -0.2) is 168 Å². The number of carboxylic acid groups (broad SMARTS) is 4. The average Bonchev–Trinajstić information content (AvgIpc) is 1.55. The molecule has 24 heteroatoms. The van der Waals surface area contributed by atoms with Crippen molar-refractivity contribution in [2.75, 3.05) is 33.8 Å². The van der Waals surface area contributed by atoms with Gasteiger partial charge in [-0.15, -0.1) is 0 Å².